The van der Waals surface area contributed by atoms with Crippen LogP contribution in [0.2, 0.25) is 0 Å². The monoisotopic (exact) mass is 226 g/mol. The zero-order valence-electron chi connectivity index (χ0n) is 7.92. The third kappa shape index (κ3) is 2.36. The van der Waals surface area contributed by atoms with E-state index in [4.69, 9.17) is 4.74 Å². The van der Waals surface area contributed by atoms with Gasteiger partial charge in [0.15, 0.2) is 9.84 Å². The number of rotatable bonds is 3. The molecule has 0 radical (unpaired) electrons. The summed E-state index contributed by atoms with van der Waals surface area (Å²) >= 11 is 0. The largest absolute Gasteiger partial charge is 0.488 e. The maximum absolute atomic E-state index is 10.9. The molecule has 1 aromatic rings. The number of hydrogen-bond donors (Lipinski definition) is 0. The Morgan fingerprint density at radius 1 is 1.33 bits per heavy atom. The molecule has 1 aliphatic heterocycles. The van der Waals surface area contributed by atoms with E-state index in [0.717, 1.165) is 6.29 Å². The molecule has 1 heterocycles. The first-order chi connectivity index (χ1) is 7.09. The number of sulfone groups is 1. The molecule has 0 saturated carbocycles. The predicted octanol–water partition coefficient (Wildman–Crippen LogP) is 0.675. The standard InChI is InChI=1S/C10H10O4S/c11-5-8-2-1-3-9(4-8)14-10-6-15(12,13)7-10/h1-5,10H,6-7H2. The molecule has 0 unspecified atom stereocenters. The van der Waals surface area contributed by atoms with Crippen LogP contribution in [0.1, 0.15) is 10.4 Å². The molecule has 1 aliphatic rings. The van der Waals surface area contributed by atoms with Crippen molar-refractivity contribution in [2.24, 2.45) is 0 Å². The number of carbonyl (C=O) groups is 1. The molecule has 0 bridgehead atoms. The second-order valence-electron chi connectivity index (χ2n) is 3.51. The van der Waals surface area contributed by atoms with Crippen LogP contribution in [0.25, 0.3) is 0 Å². The molecule has 0 amide bonds. The van der Waals surface area contributed by atoms with Crippen LogP contribution in [0.3, 0.4) is 0 Å². The summed E-state index contributed by atoms with van der Waals surface area (Å²) < 4.78 is 27.1. The second kappa shape index (κ2) is 3.66. The topological polar surface area (TPSA) is 60.4 Å². The lowest BCUT2D eigenvalue weighted by Gasteiger charge is -2.26. The summed E-state index contributed by atoms with van der Waals surface area (Å²) in [6.07, 6.45) is 0.460. The highest BCUT2D eigenvalue weighted by atomic mass is 32.2. The van der Waals surface area contributed by atoms with Gasteiger partial charge in [0.2, 0.25) is 0 Å². The quantitative estimate of drug-likeness (QED) is 0.711. The zero-order chi connectivity index (χ0) is 10.9. The van der Waals surface area contributed by atoms with Crippen molar-refractivity contribution >= 4 is 16.1 Å². The third-order valence-corrected chi connectivity index (χ3v) is 3.94. The van der Waals surface area contributed by atoms with Crippen LogP contribution in [-0.4, -0.2) is 32.3 Å². The van der Waals surface area contributed by atoms with Crippen LogP contribution in [0, 0.1) is 0 Å². The fourth-order valence-corrected chi connectivity index (χ4v) is 2.61. The van der Waals surface area contributed by atoms with Crippen LogP contribution in [0.15, 0.2) is 24.3 Å². The fourth-order valence-electron chi connectivity index (χ4n) is 1.44. The van der Waals surface area contributed by atoms with Gasteiger partial charge in [-0.15, -0.1) is 0 Å². The van der Waals surface area contributed by atoms with E-state index < -0.39 is 9.84 Å². The molecule has 1 aromatic carbocycles. The number of hydrogen-bond acceptors (Lipinski definition) is 4. The molecule has 2 rings (SSSR count). The molecule has 5 heteroatoms. The summed E-state index contributed by atoms with van der Waals surface area (Å²) in [5, 5.41) is 0. The molecule has 0 N–H and O–H groups in total. The van der Waals surface area contributed by atoms with Crippen LogP contribution in [0.4, 0.5) is 0 Å². The molecule has 0 spiro atoms. The zero-order valence-corrected chi connectivity index (χ0v) is 8.74. The van der Waals surface area contributed by atoms with Crippen molar-refractivity contribution in [2.45, 2.75) is 6.10 Å². The minimum atomic E-state index is -2.86. The Morgan fingerprint density at radius 3 is 2.67 bits per heavy atom. The van der Waals surface area contributed by atoms with Gasteiger partial charge in [-0.1, -0.05) is 12.1 Å². The highest BCUT2D eigenvalue weighted by Crippen LogP contribution is 2.20. The number of aldehydes is 1. The lowest BCUT2D eigenvalue weighted by Crippen LogP contribution is -2.45. The minimum Gasteiger partial charge on any atom is -0.488 e. The van der Waals surface area contributed by atoms with E-state index in [9.17, 15) is 13.2 Å². The SMILES string of the molecule is O=Cc1cccc(OC2CS(=O)(=O)C2)c1. The van der Waals surface area contributed by atoms with Crippen LogP contribution in [-0.2, 0) is 9.84 Å². The Balaban J connectivity index is 2.03. The van der Waals surface area contributed by atoms with E-state index in [1.54, 1.807) is 24.3 Å². The van der Waals surface area contributed by atoms with E-state index in [1.165, 1.54) is 0 Å². The van der Waals surface area contributed by atoms with Gasteiger partial charge in [0.05, 0.1) is 11.5 Å². The molecular formula is C10H10O4S. The van der Waals surface area contributed by atoms with Gasteiger partial charge < -0.3 is 4.74 Å². The Bertz CT molecular complexity index is 466. The Kier molecular flexibility index (Phi) is 2.48. The summed E-state index contributed by atoms with van der Waals surface area (Å²) in [5.74, 6) is 0.677. The van der Waals surface area contributed by atoms with Gasteiger partial charge in [0.25, 0.3) is 0 Å². The average Bonchev–Trinajstić information content (AvgIpc) is 2.15. The van der Waals surface area contributed by atoms with Crippen molar-refractivity contribution in [3.63, 3.8) is 0 Å². The summed E-state index contributed by atoms with van der Waals surface area (Å²) in [4.78, 5) is 10.5. The summed E-state index contributed by atoms with van der Waals surface area (Å²) in [6.45, 7) is 0. The third-order valence-electron chi connectivity index (χ3n) is 2.18. The lowest BCUT2D eigenvalue weighted by molar-refractivity contribution is 0.112. The first-order valence-electron chi connectivity index (χ1n) is 4.51. The Morgan fingerprint density at radius 2 is 2.07 bits per heavy atom. The normalized spacial score (nSPS) is 19.2. The van der Waals surface area contributed by atoms with Gasteiger partial charge in [-0.05, 0) is 12.1 Å². The highest BCUT2D eigenvalue weighted by Gasteiger charge is 2.35. The Labute approximate surface area is 87.8 Å². The van der Waals surface area contributed by atoms with Gasteiger partial charge in [-0.2, -0.15) is 0 Å². The van der Waals surface area contributed by atoms with Crippen LogP contribution >= 0.6 is 0 Å². The summed E-state index contributed by atoms with van der Waals surface area (Å²) in [5.41, 5.74) is 0.523. The van der Waals surface area contributed by atoms with Gasteiger partial charge in [-0.25, -0.2) is 8.42 Å². The highest BCUT2D eigenvalue weighted by molar-refractivity contribution is 7.92. The number of benzene rings is 1. The number of carbonyl (C=O) groups excluding carboxylic acids is 1. The molecule has 15 heavy (non-hydrogen) atoms. The van der Waals surface area contributed by atoms with Gasteiger partial charge in [-0.3, -0.25) is 4.79 Å². The van der Waals surface area contributed by atoms with E-state index >= 15 is 0 Å². The van der Waals surface area contributed by atoms with E-state index in [-0.39, 0.29) is 17.6 Å². The second-order valence-corrected chi connectivity index (χ2v) is 5.66. The molecule has 1 fully saturated rings. The van der Waals surface area contributed by atoms with Crippen LogP contribution in [0.5, 0.6) is 5.75 Å². The van der Waals surface area contributed by atoms with Crippen molar-refractivity contribution in [1.29, 1.82) is 0 Å². The van der Waals surface area contributed by atoms with Crippen LogP contribution < -0.4 is 4.74 Å². The van der Waals surface area contributed by atoms with Gasteiger partial charge in [0.1, 0.15) is 18.1 Å². The van der Waals surface area contributed by atoms with Crippen molar-refractivity contribution in [3.8, 4) is 5.75 Å². The first-order valence-corrected chi connectivity index (χ1v) is 6.33. The predicted molar refractivity (Wildman–Crippen MR) is 54.9 cm³/mol. The smallest absolute Gasteiger partial charge is 0.157 e. The van der Waals surface area contributed by atoms with Crippen molar-refractivity contribution in [2.75, 3.05) is 11.5 Å². The number of ether oxygens (including phenoxy) is 1. The molecular weight excluding hydrogens is 216 g/mol. The van der Waals surface area contributed by atoms with Gasteiger partial charge >= 0.3 is 0 Å². The molecule has 0 aliphatic carbocycles. The fraction of sp³-hybridized carbons (Fsp3) is 0.300. The molecule has 4 nitrogen and oxygen atoms in total. The maximum atomic E-state index is 10.9. The van der Waals surface area contributed by atoms with Crippen molar-refractivity contribution < 1.29 is 17.9 Å². The molecule has 80 valence electrons. The molecule has 0 aromatic heterocycles. The van der Waals surface area contributed by atoms with E-state index in [2.05, 4.69) is 0 Å². The Hall–Kier alpha value is -1.36. The lowest BCUT2D eigenvalue weighted by atomic mass is 10.2. The minimum absolute atomic E-state index is 0.0678. The van der Waals surface area contributed by atoms with E-state index in [0.29, 0.717) is 11.3 Å². The van der Waals surface area contributed by atoms with Gasteiger partial charge in [0, 0.05) is 5.56 Å². The first kappa shape index (κ1) is 10.2. The average molecular weight is 226 g/mol. The maximum Gasteiger partial charge on any atom is 0.157 e. The summed E-state index contributed by atoms with van der Waals surface area (Å²) in [7, 11) is -2.86. The van der Waals surface area contributed by atoms with E-state index in [1.807, 2.05) is 0 Å². The molecule has 1 saturated heterocycles. The molecule has 0 atom stereocenters. The summed E-state index contributed by atoms with van der Waals surface area (Å²) in [6, 6.07) is 6.67. The van der Waals surface area contributed by atoms with Crippen molar-refractivity contribution in [1.82, 2.24) is 0 Å². The van der Waals surface area contributed by atoms with Crippen molar-refractivity contribution in [3.05, 3.63) is 29.8 Å².